The van der Waals surface area contributed by atoms with E-state index in [1.165, 1.54) is 0 Å². The molecule has 0 bridgehead atoms. The first-order valence-electron chi connectivity index (χ1n) is 6.52. The van der Waals surface area contributed by atoms with Crippen molar-refractivity contribution < 1.29 is 14.7 Å². The summed E-state index contributed by atoms with van der Waals surface area (Å²) < 4.78 is 0. The van der Waals surface area contributed by atoms with Crippen LogP contribution in [0.4, 0.5) is 0 Å². The van der Waals surface area contributed by atoms with Crippen molar-refractivity contribution in [3.05, 3.63) is 35.9 Å². The Morgan fingerprint density at radius 3 is 2.21 bits per heavy atom. The highest BCUT2D eigenvalue weighted by molar-refractivity contribution is 5.86. The number of carbonyl (C=O) groups excluding carboxylic acids is 1. The molecule has 4 heteroatoms. The molecule has 1 fully saturated rings. The molecule has 0 aliphatic heterocycles. The number of nitrogens with one attached hydrogen (secondary N) is 1. The van der Waals surface area contributed by atoms with Gasteiger partial charge in [-0.25, -0.2) is 0 Å². The van der Waals surface area contributed by atoms with E-state index in [1.54, 1.807) is 0 Å². The fraction of sp³-hybridized carbons (Fsp3) is 0.467. The highest BCUT2D eigenvalue weighted by atomic mass is 16.4. The maximum absolute atomic E-state index is 12.2. The first-order valence-corrected chi connectivity index (χ1v) is 6.52. The molecule has 0 heterocycles. The molecule has 4 nitrogen and oxygen atoms in total. The number of rotatable bonds is 4. The lowest BCUT2D eigenvalue weighted by Crippen LogP contribution is -2.49. The normalized spacial score (nSPS) is 22.4. The Labute approximate surface area is 112 Å². The van der Waals surface area contributed by atoms with Gasteiger partial charge in [-0.05, 0) is 32.3 Å². The largest absolute Gasteiger partial charge is 0.481 e. The van der Waals surface area contributed by atoms with Crippen LogP contribution in [0.5, 0.6) is 0 Å². The molecule has 0 spiro atoms. The summed E-state index contributed by atoms with van der Waals surface area (Å²) in [5, 5.41) is 11.9. The minimum absolute atomic E-state index is 0.160. The van der Waals surface area contributed by atoms with Gasteiger partial charge in [-0.2, -0.15) is 0 Å². The summed E-state index contributed by atoms with van der Waals surface area (Å²) in [6.07, 6.45) is 1.26. The zero-order chi connectivity index (χ0) is 14.0. The van der Waals surface area contributed by atoms with Crippen molar-refractivity contribution in [3.63, 3.8) is 0 Å². The molecule has 19 heavy (non-hydrogen) atoms. The second-order valence-electron chi connectivity index (χ2n) is 5.61. The predicted molar refractivity (Wildman–Crippen MR) is 71.5 cm³/mol. The van der Waals surface area contributed by atoms with E-state index < -0.39 is 17.4 Å². The van der Waals surface area contributed by atoms with Crippen LogP contribution in [0, 0.1) is 11.8 Å². The molecule has 102 valence electrons. The minimum Gasteiger partial charge on any atom is -0.481 e. The van der Waals surface area contributed by atoms with Crippen LogP contribution in [0.2, 0.25) is 0 Å². The lowest BCUT2D eigenvalue weighted by Gasteiger charge is -2.36. The van der Waals surface area contributed by atoms with Crippen LogP contribution in [-0.4, -0.2) is 17.0 Å². The molecule has 0 radical (unpaired) electrons. The Hall–Kier alpha value is -1.84. The van der Waals surface area contributed by atoms with Crippen molar-refractivity contribution >= 4 is 11.9 Å². The van der Waals surface area contributed by atoms with Crippen LogP contribution >= 0.6 is 0 Å². The van der Waals surface area contributed by atoms with E-state index in [4.69, 9.17) is 5.11 Å². The van der Waals surface area contributed by atoms with Gasteiger partial charge in [0.25, 0.3) is 0 Å². The van der Waals surface area contributed by atoms with Crippen molar-refractivity contribution in [1.82, 2.24) is 5.32 Å². The molecule has 1 saturated carbocycles. The van der Waals surface area contributed by atoms with Gasteiger partial charge in [-0.3, -0.25) is 9.59 Å². The molecule has 0 saturated heterocycles. The molecule has 2 rings (SSSR count). The zero-order valence-electron chi connectivity index (χ0n) is 11.2. The third-order valence-electron chi connectivity index (χ3n) is 3.86. The monoisotopic (exact) mass is 261 g/mol. The number of carboxylic acids is 1. The van der Waals surface area contributed by atoms with Gasteiger partial charge in [0, 0.05) is 0 Å². The van der Waals surface area contributed by atoms with Crippen LogP contribution in [0.3, 0.4) is 0 Å². The van der Waals surface area contributed by atoms with E-state index in [0.29, 0.717) is 12.8 Å². The average Bonchev–Trinajstić information content (AvgIpc) is 2.27. The number of carboxylic acid groups (broad SMARTS) is 1. The number of amides is 1. The fourth-order valence-electron chi connectivity index (χ4n) is 2.44. The number of carbonyl (C=O) groups is 2. The Kier molecular flexibility index (Phi) is 3.60. The van der Waals surface area contributed by atoms with Crippen molar-refractivity contribution in [2.24, 2.45) is 11.8 Å². The molecule has 1 aliphatic rings. The second-order valence-corrected chi connectivity index (χ2v) is 5.61. The van der Waals surface area contributed by atoms with Crippen LogP contribution in [0.1, 0.15) is 32.3 Å². The van der Waals surface area contributed by atoms with Crippen LogP contribution in [0.25, 0.3) is 0 Å². The highest BCUT2D eigenvalue weighted by Gasteiger charge is 2.42. The van der Waals surface area contributed by atoms with Gasteiger partial charge in [0.05, 0.1) is 17.4 Å². The van der Waals surface area contributed by atoms with Gasteiger partial charge < -0.3 is 10.4 Å². The van der Waals surface area contributed by atoms with Gasteiger partial charge in [0.1, 0.15) is 0 Å². The lowest BCUT2D eigenvalue weighted by molar-refractivity contribution is -0.153. The Morgan fingerprint density at radius 1 is 1.16 bits per heavy atom. The number of hydrogen-bond acceptors (Lipinski definition) is 2. The molecular formula is C15H19NO3. The quantitative estimate of drug-likeness (QED) is 0.872. The fourth-order valence-corrected chi connectivity index (χ4v) is 2.44. The summed E-state index contributed by atoms with van der Waals surface area (Å²) in [7, 11) is 0. The first-order chi connectivity index (χ1) is 8.92. The van der Waals surface area contributed by atoms with Crippen molar-refractivity contribution in [3.8, 4) is 0 Å². The SMILES string of the molecule is CC(C)(NC(=O)C1CCC1C(=O)O)c1ccccc1. The summed E-state index contributed by atoms with van der Waals surface area (Å²) >= 11 is 0. The van der Waals surface area contributed by atoms with E-state index in [1.807, 2.05) is 44.2 Å². The maximum atomic E-state index is 12.2. The van der Waals surface area contributed by atoms with Gasteiger partial charge in [0.2, 0.25) is 5.91 Å². The van der Waals surface area contributed by atoms with E-state index in [0.717, 1.165) is 5.56 Å². The third kappa shape index (κ3) is 2.78. The Bertz CT molecular complexity index is 481. The molecular weight excluding hydrogens is 242 g/mol. The molecule has 1 amide bonds. The first kappa shape index (κ1) is 13.6. The number of benzene rings is 1. The maximum Gasteiger partial charge on any atom is 0.307 e. The van der Waals surface area contributed by atoms with Crippen LogP contribution < -0.4 is 5.32 Å². The summed E-state index contributed by atoms with van der Waals surface area (Å²) in [6, 6.07) is 9.68. The summed E-state index contributed by atoms with van der Waals surface area (Å²) in [4.78, 5) is 23.1. The lowest BCUT2D eigenvalue weighted by atomic mass is 9.72. The smallest absolute Gasteiger partial charge is 0.307 e. The topological polar surface area (TPSA) is 66.4 Å². The Balaban J connectivity index is 2.05. The van der Waals surface area contributed by atoms with Crippen LogP contribution in [0.15, 0.2) is 30.3 Å². The van der Waals surface area contributed by atoms with Gasteiger partial charge in [-0.1, -0.05) is 30.3 Å². The predicted octanol–water partition coefficient (Wildman–Crippen LogP) is 2.15. The molecule has 1 aromatic carbocycles. The van der Waals surface area contributed by atoms with Crippen LogP contribution in [-0.2, 0) is 15.1 Å². The summed E-state index contributed by atoms with van der Waals surface area (Å²) in [5.41, 5.74) is 0.520. The Morgan fingerprint density at radius 2 is 1.74 bits per heavy atom. The summed E-state index contributed by atoms with van der Waals surface area (Å²) in [5.74, 6) is -1.94. The van der Waals surface area contributed by atoms with E-state index in [-0.39, 0.29) is 11.8 Å². The third-order valence-corrected chi connectivity index (χ3v) is 3.86. The molecule has 1 aliphatic carbocycles. The number of hydrogen-bond donors (Lipinski definition) is 2. The van der Waals surface area contributed by atoms with Gasteiger partial charge in [-0.15, -0.1) is 0 Å². The van der Waals surface area contributed by atoms with Gasteiger partial charge >= 0.3 is 5.97 Å². The molecule has 2 unspecified atom stereocenters. The summed E-state index contributed by atoms with van der Waals surface area (Å²) in [6.45, 7) is 3.85. The standard InChI is InChI=1S/C15H19NO3/c1-15(2,10-6-4-3-5-7-10)16-13(17)11-8-9-12(11)14(18)19/h3-7,11-12H,8-9H2,1-2H3,(H,16,17)(H,18,19). The van der Waals surface area contributed by atoms with E-state index >= 15 is 0 Å². The highest BCUT2D eigenvalue weighted by Crippen LogP contribution is 2.35. The second kappa shape index (κ2) is 5.03. The van der Waals surface area contributed by atoms with Crippen molar-refractivity contribution in [2.75, 3.05) is 0 Å². The van der Waals surface area contributed by atoms with E-state index in [9.17, 15) is 9.59 Å². The van der Waals surface area contributed by atoms with Gasteiger partial charge in [0.15, 0.2) is 0 Å². The van der Waals surface area contributed by atoms with E-state index in [2.05, 4.69) is 5.32 Å². The molecule has 1 aromatic rings. The molecule has 0 aromatic heterocycles. The zero-order valence-corrected chi connectivity index (χ0v) is 11.2. The van der Waals surface area contributed by atoms with Crippen molar-refractivity contribution in [2.45, 2.75) is 32.2 Å². The molecule has 2 N–H and O–H groups in total. The minimum atomic E-state index is -0.871. The molecule has 2 atom stereocenters. The number of aliphatic carboxylic acids is 1. The average molecular weight is 261 g/mol. The van der Waals surface area contributed by atoms with Crippen molar-refractivity contribution in [1.29, 1.82) is 0 Å².